The van der Waals surface area contributed by atoms with E-state index < -0.39 is 0 Å². The van der Waals surface area contributed by atoms with Gasteiger partial charge in [-0.25, -0.2) is 20.8 Å². The predicted molar refractivity (Wildman–Crippen MR) is 127 cm³/mol. The van der Waals surface area contributed by atoms with Crippen molar-refractivity contribution in [1.29, 1.82) is 0 Å². The van der Waals surface area contributed by atoms with Gasteiger partial charge in [-0.05, 0) is 51.0 Å². The van der Waals surface area contributed by atoms with E-state index in [1.165, 1.54) is 0 Å². The van der Waals surface area contributed by atoms with Crippen LogP contribution in [-0.2, 0) is 0 Å². The number of rotatable bonds is 9. The molecule has 1 aliphatic rings. The molecule has 1 saturated heterocycles. The summed E-state index contributed by atoms with van der Waals surface area (Å²) in [7, 11) is 1.58. The summed E-state index contributed by atoms with van der Waals surface area (Å²) in [6.45, 7) is 5.19. The third kappa shape index (κ3) is 5.39. The Morgan fingerprint density at radius 3 is 2.82 bits per heavy atom. The standard InChI is InChI=1S/C24H30N6O3/c1-4-33-22-14-20(16-9-11-25-23(13-16)32-3)27-21-12-17(7-8-18(21)22)24(31)26-10-5-6-19-15(2)28-30-29-19/h7-9,11-15,19,28-30H,4-6,10H2,1-3H3,(H,26,31). The Morgan fingerprint density at radius 1 is 1.18 bits per heavy atom. The first-order chi connectivity index (χ1) is 16.1. The van der Waals surface area contributed by atoms with E-state index >= 15 is 0 Å². The van der Waals surface area contributed by atoms with Crippen LogP contribution in [0.1, 0.15) is 37.0 Å². The van der Waals surface area contributed by atoms with Gasteiger partial charge in [0.15, 0.2) is 0 Å². The first-order valence-electron chi connectivity index (χ1n) is 11.2. The van der Waals surface area contributed by atoms with E-state index in [1.807, 2.05) is 43.3 Å². The van der Waals surface area contributed by atoms with Crippen LogP contribution >= 0.6 is 0 Å². The third-order valence-corrected chi connectivity index (χ3v) is 5.71. The molecule has 2 unspecified atom stereocenters. The van der Waals surface area contributed by atoms with Gasteiger partial charge in [0, 0.05) is 53.5 Å². The number of carbonyl (C=O) groups excluding carboxylic acids is 1. The Bertz CT molecular complexity index is 1120. The van der Waals surface area contributed by atoms with Crippen LogP contribution in [-0.4, -0.2) is 48.2 Å². The molecule has 0 spiro atoms. The van der Waals surface area contributed by atoms with E-state index in [4.69, 9.17) is 14.5 Å². The summed E-state index contributed by atoms with van der Waals surface area (Å²) in [4.78, 5) is 21.7. The average Bonchev–Trinajstić information content (AvgIpc) is 3.25. The smallest absolute Gasteiger partial charge is 0.251 e. The summed E-state index contributed by atoms with van der Waals surface area (Å²) in [5, 5.41) is 3.87. The van der Waals surface area contributed by atoms with Crippen molar-refractivity contribution < 1.29 is 14.3 Å². The lowest BCUT2D eigenvalue weighted by Gasteiger charge is -2.14. The van der Waals surface area contributed by atoms with Gasteiger partial charge in [-0.15, -0.1) is 0 Å². The molecule has 3 heterocycles. The second kappa shape index (κ2) is 10.6. The van der Waals surface area contributed by atoms with Crippen LogP contribution in [0.15, 0.2) is 42.6 Å². The largest absolute Gasteiger partial charge is 0.493 e. The summed E-state index contributed by atoms with van der Waals surface area (Å²) >= 11 is 0. The zero-order valence-electron chi connectivity index (χ0n) is 19.1. The Kier molecular flexibility index (Phi) is 7.33. The van der Waals surface area contributed by atoms with Crippen LogP contribution in [0.4, 0.5) is 0 Å². The van der Waals surface area contributed by atoms with E-state index in [0.29, 0.717) is 42.2 Å². The van der Waals surface area contributed by atoms with Crippen molar-refractivity contribution in [3.05, 3.63) is 48.2 Å². The lowest BCUT2D eigenvalue weighted by Crippen LogP contribution is -2.34. The zero-order chi connectivity index (χ0) is 23.2. The molecular formula is C24H30N6O3. The van der Waals surface area contributed by atoms with Gasteiger partial charge in [-0.3, -0.25) is 4.79 Å². The van der Waals surface area contributed by atoms with Gasteiger partial charge in [0.2, 0.25) is 5.88 Å². The molecule has 1 fully saturated rings. The summed E-state index contributed by atoms with van der Waals surface area (Å²) in [6, 6.07) is 11.8. The van der Waals surface area contributed by atoms with Gasteiger partial charge in [0.05, 0.1) is 24.9 Å². The van der Waals surface area contributed by atoms with E-state index in [-0.39, 0.29) is 5.91 Å². The second-order valence-electron chi connectivity index (χ2n) is 7.96. The summed E-state index contributed by atoms with van der Waals surface area (Å²) in [5.41, 5.74) is 12.1. The maximum atomic E-state index is 12.8. The normalized spacial score (nSPS) is 17.8. The molecule has 2 aromatic heterocycles. The number of pyridine rings is 2. The van der Waals surface area contributed by atoms with E-state index in [0.717, 1.165) is 35.2 Å². The number of hydrogen-bond acceptors (Lipinski definition) is 8. The van der Waals surface area contributed by atoms with Gasteiger partial charge >= 0.3 is 0 Å². The molecule has 1 aliphatic heterocycles. The predicted octanol–water partition coefficient (Wildman–Crippen LogP) is 2.58. The van der Waals surface area contributed by atoms with Crippen LogP contribution in [0.5, 0.6) is 11.6 Å². The van der Waals surface area contributed by atoms with Crippen LogP contribution in [0, 0.1) is 0 Å². The number of methoxy groups -OCH3 is 1. The van der Waals surface area contributed by atoms with Crippen molar-refractivity contribution in [3.63, 3.8) is 0 Å². The Labute approximate surface area is 193 Å². The van der Waals surface area contributed by atoms with Crippen molar-refractivity contribution in [2.45, 2.75) is 38.8 Å². The first kappa shape index (κ1) is 22.9. The fourth-order valence-corrected chi connectivity index (χ4v) is 3.86. The number of nitrogens with zero attached hydrogens (tertiary/aromatic N) is 2. The molecule has 4 N–H and O–H groups in total. The number of fused-ring (bicyclic) bond motifs is 1. The van der Waals surface area contributed by atoms with E-state index in [2.05, 4.69) is 33.6 Å². The number of carbonyl (C=O) groups is 1. The molecule has 0 radical (unpaired) electrons. The Balaban J connectivity index is 1.52. The molecular weight excluding hydrogens is 420 g/mol. The van der Waals surface area contributed by atoms with Crippen LogP contribution < -0.4 is 31.2 Å². The highest BCUT2D eigenvalue weighted by atomic mass is 16.5. The van der Waals surface area contributed by atoms with Crippen molar-refractivity contribution in [2.24, 2.45) is 0 Å². The van der Waals surface area contributed by atoms with Crippen LogP contribution in [0.2, 0.25) is 0 Å². The van der Waals surface area contributed by atoms with Gasteiger partial charge in [0.1, 0.15) is 5.75 Å². The molecule has 9 nitrogen and oxygen atoms in total. The van der Waals surface area contributed by atoms with Crippen molar-refractivity contribution in [2.75, 3.05) is 20.3 Å². The number of hydrazine groups is 2. The highest BCUT2D eigenvalue weighted by molar-refractivity contribution is 5.99. The highest BCUT2D eigenvalue weighted by Gasteiger charge is 2.21. The first-order valence-corrected chi connectivity index (χ1v) is 11.2. The number of nitrogens with one attached hydrogen (secondary N) is 4. The highest BCUT2D eigenvalue weighted by Crippen LogP contribution is 2.31. The summed E-state index contributed by atoms with van der Waals surface area (Å²) in [5.74, 6) is 1.12. The maximum absolute atomic E-state index is 12.8. The molecule has 0 saturated carbocycles. The summed E-state index contributed by atoms with van der Waals surface area (Å²) < 4.78 is 11.1. The number of aromatic nitrogens is 2. The van der Waals surface area contributed by atoms with Gasteiger partial charge in [0.25, 0.3) is 5.91 Å². The van der Waals surface area contributed by atoms with E-state index in [1.54, 1.807) is 13.3 Å². The lowest BCUT2D eigenvalue weighted by atomic mass is 10.1. The second-order valence-corrected chi connectivity index (χ2v) is 7.96. The summed E-state index contributed by atoms with van der Waals surface area (Å²) in [6.07, 6.45) is 3.51. The maximum Gasteiger partial charge on any atom is 0.251 e. The molecule has 0 aliphatic carbocycles. The molecule has 0 bridgehead atoms. The van der Waals surface area contributed by atoms with Crippen molar-refractivity contribution in [1.82, 2.24) is 31.7 Å². The minimum atomic E-state index is -0.115. The fraction of sp³-hybridized carbons (Fsp3) is 0.375. The van der Waals surface area contributed by atoms with Gasteiger partial charge in [-0.2, -0.15) is 5.53 Å². The van der Waals surface area contributed by atoms with E-state index in [9.17, 15) is 4.79 Å². The average molecular weight is 451 g/mol. The Hall–Kier alpha value is -3.27. The number of hydrogen-bond donors (Lipinski definition) is 4. The minimum absolute atomic E-state index is 0.115. The van der Waals surface area contributed by atoms with Crippen molar-refractivity contribution >= 4 is 16.8 Å². The fourth-order valence-electron chi connectivity index (χ4n) is 3.86. The molecule has 1 aromatic carbocycles. The lowest BCUT2D eigenvalue weighted by molar-refractivity contribution is 0.0952. The quantitative estimate of drug-likeness (QED) is 0.368. The zero-order valence-corrected chi connectivity index (χ0v) is 19.1. The molecule has 33 heavy (non-hydrogen) atoms. The molecule has 3 aromatic rings. The SMILES string of the molecule is CCOc1cc(-c2ccnc(OC)c2)nc2cc(C(=O)NCCCC3NNNC3C)ccc12. The minimum Gasteiger partial charge on any atom is -0.493 e. The number of benzene rings is 1. The van der Waals surface area contributed by atoms with Gasteiger partial charge in [-0.1, -0.05) is 0 Å². The van der Waals surface area contributed by atoms with Crippen LogP contribution in [0.3, 0.4) is 0 Å². The molecule has 9 heteroatoms. The molecule has 2 atom stereocenters. The van der Waals surface area contributed by atoms with Crippen LogP contribution in [0.25, 0.3) is 22.2 Å². The molecule has 1 amide bonds. The molecule has 4 rings (SSSR count). The van der Waals surface area contributed by atoms with Crippen molar-refractivity contribution in [3.8, 4) is 22.9 Å². The third-order valence-electron chi connectivity index (χ3n) is 5.71. The molecule has 174 valence electrons. The monoisotopic (exact) mass is 450 g/mol. The van der Waals surface area contributed by atoms with Gasteiger partial charge < -0.3 is 14.8 Å². The Morgan fingerprint density at radius 2 is 2.06 bits per heavy atom. The topological polar surface area (TPSA) is 109 Å². The number of ether oxygens (including phenoxy) is 2. The number of amides is 1.